The van der Waals surface area contributed by atoms with Crippen LogP contribution in [0.25, 0.3) is 10.8 Å². The SMILES string of the molecule is CCCS(=O)(=O)/C=C/C(=O)c1ccc2ccccc2c1. The molecule has 0 radical (unpaired) electrons. The van der Waals surface area contributed by atoms with Crippen molar-refractivity contribution in [1.29, 1.82) is 0 Å². The molecule has 0 bridgehead atoms. The molecule has 0 aliphatic heterocycles. The summed E-state index contributed by atoms with van der Waals surface area (Å²) in [7, 11) is -3.28. The predicted octanol–water partition coefficient (Wildman–Crippen LogP) is 3.36. The van der Waals surface area contributed by atoms with Crippen LogP contribution < -0.4 is 0 Å². The summed E-state index contributed by atoms with van der Waals surface area (Å²) in [6.07, 6.45) is 1.67. The van der Waals surface area contributed by atoms with Crippen LogP contribution >= 0.6 is 0 Å². The van der Waals surface area contributed by atoms with Crippen molar-refractivity contribution in [3.63, 3.8) is 0 Å². The molecule has 0 aromatic heterocycles. The van der Waals surface area contributed by atoms with Gasteiger partial charge in [0.25, 0.3) is 0 Å². The molecule has 0 heterocycles. The van der Waals surface area contributed by atoms with Gasteiger partial charge in [-0.1, -0.05) is 43.3 Å². The van der Waals surface area contributed by atoms with E-state index in [-0.39, 0.29) is 11.5 Å². The van der Waals surface area contributed by atoms with E-state index in [2.05, 4.69) is 0 Å². The lowest BCUT2D eigenvalue weighted by Gasteiger charge is -2.00. The second kappa shape index (κ2) is 6.01. The molecule has 20 heavy (non-hydrogen) atoms. The smallest absolute Gasteiger partial charge is 0.186 e. The normalized spacial score (nSPS) is 12.1. The lowest BCUT2D eigenvalue weighted by atomic mass is 10.0. The number of carbonyl (C=O) groups is 1. The summed E-state index contributed by atoms with van der Waals surface area (Å²) in [6, 6.07) is 13.1. The maximum atomic E-state index is 12.0. The molecule has 0 atom stereocenters. The Hall–Kier alpha value is -1.94. The van der Waals surface area contributed by atoms with E-state index in [9.17, 15) is 13.2 Å². The fourth-order valence-corrected chi connectivity index (χ4v) is 2.99. The number of hydrogen-bond acceptors (Lipinski definition) is 3. The average Bonchev–Trinajstić information content (AvgIpc) is 2.44. The molecule has 4 heteroatoms. The number of ketones is 1. The number of allylic oxidation sites excluding steroid dienone is 1. The van der Waals surface area contributed by atoms with Crippen LogP contribution in [-0.2, 0) is 9.84 Å². The fourth-order valence-electron chi connectivity index (χ4n) is 1.96. The van der Waals surface area contributed by atoms with E-state index in [0.29, 0.717) is 12.0 Å². The maximum absolute atomic E-state index is 12.0. The molecule has 2 aromatic carbocycles. The minimum atomic E-state index is -3.28. The number of fused-ring (bicyclic) bond motifs is 1. The van der Waals surface area contributed by atoms with Gasteiger partial charge in [-0.15, -0.1) is 0 Å². The van der Waals surface area contributed by atoms with Crippen LogP contribution in [0.15, 0.2) is 53.9 Å². The third-order valence-corrected chi connectivity index (χ3v) is 4.48. The van der Waals surface area contributed by atoms with Crippen LogP contribution in [-0.4, -0.2) is 20.0 Å². The number of hydrogen-bond donors (Lipinski definition) is 0. The first-order valence-electron chi connectivity index (χ1n) is 6.46. The van der Waals surface area contributed by atoms with Crippen LogP contribution in [0.5, 0.6) is 0 Å². The zero-order valence-corrected chi connectivity index (χ0v) is 12.1. The molecule has 0 aliphatic rings. The fraction of sp³-hybridized carbons (Fsp3) is 0.188. The highest BCUT2D eigenvalue weighted by Crippen LogP contribution is 2.16. The van der Waals surface area contributed by atoms with E-state index in [1.807, 2.05) is 30.3 Å². The monoisotopic (exact) mass is 288 g/mol. The van der Waals surface area contributed by atoms with E-state index in [0.717, 1.165) is 22.3 Å². The molecule has 0 spiro atoms. The van der Waals surface area contributed by atoms with Crippen LogP contribution in [0.2, 0.25) is 0 Å². The van der Waals surface area contributed by atoms with Crippen molar-refractivity contribution in [3.8, 4) is 0 Å². The van der Waals surface area contributed by atoms with Gasteiger partial charge < -0.3 is 0 Å². The summed E-state index contributed by atoms with van der Waals surface area (Å²) in [5.74, 6) is -0.232. The summed E-state index contributed by atoms with van der Waals surface area (Å²) in [5, 5.41) is 3.02. The highest BCUT2D eigenvalue weighted by atomic mass is 32.2. The van der Waals surface area contributed by atoms with Crippen LogP contribution in [0.4, 0.5) is 0 Å². The first-order valence-corrected chi connectivity index (χ1v) is 8.17. The zero-order valence-electron chi connectivity index (χ0n) is 11.2. The second-order valence-electron chi connectivity index (χ2n) is 4.60. The predicted molar refractivity (Wildman–Crippen MR) is 81.5 cm³/mol. The molecular weight excluding hydrogens is 272 g/mol. The van der Waals surface area contributed by atoms with Crippen molar-refractivity contribution < 1.29 is 13.2 Å². The van der Waals surface area contributed by atoms with Gasteiger partial charge in [0.15, 0.2) is 15.6 Å². The zero-order chi connectivity index (χ0) is 14.6. The number of rotatable bonds is 5. The molecular formula is C16H16O3S. The van der Waals surface area contributed by atoms with Crippen molar-refractivity contribution in [3.05, 3.63) is 59.5 Å². The van der Waals surface area contributed by atoms with Gasteiger partial charge in [-0.25, -0.2) is 8.42 Å². The van der Waals surface area contributed by atoms with E-state index in [4.69, 9.17) is 0 Å². The summed E-state index contributed by atoms with van der Waals surface area (Å²) < 4.78 is 23.1. The molecule has 0 unspecified atom stereocenters. The molecule has 104 valence electrons. The van der Waals surface area contributed by atoms with Gasteiger partial charge in [0.1, 0.15) is 0 Å². The molecule has 0 saturated carbocycles. The summed E-state index contributed by atoms with van der Waals surface area (Å²) in [4.78, 5) is 12.0. The summed E-state index contributed by atoms with van der Waals surface area (Å²) in [6.45, 7) is 1.79. The third kappa shape index (κ3) is 3.54. The third-order valence-electron chi connectivity index (χ3n) is 2.95. The molecule has 0 saturated heterocycles. The van der Waals surface area contributed by atoms with Gasteiger partial charge in [0.2, 0.25) is 0 Å². The molecule has 0 N–H and O–H groups in total. The Bertz CT molecular complexity index is 758. The Morgan fingerprint density at radius 3 is 2.50 bits per heavy atom. The topological polar surface area (TPSA) is 51.2 Å². The number of sulfone groups is 1. The van der Waals surface area contributed by atoms with E-state index >= 15 is 0 Å². The van der Waals surface area contributed by atoms with Gasteiger partial charge in [-0.2, -0.15) is 0 Å². The Morgan fingerprint density at radius 1 is 1.10 bits per heavy atom. The van der Waals surface area contributed by atoms with Gasteiger partial charge in [0, 0.05) is 11.0 Å². The average molecular weight is 288 g/mol. The van der Waals surface area contributed by atoms with Gasteiger partial charge >= 0.3 is 0 Å². The van der Waals surface area contributed by atoms with Crippen LogP contribution in [0.1, 0.15) is 23.7 Å². The second-order valence-corrected chi connectivity index (χ2v) is 6.60. The Kier molecular flexibility index (Phi) is 4.35. The van der Waals surface area contributed by atoms with Crippen molar-refractivity contribution in [2.24, 2.45) is 0 Å². The summed E-state index contributed by atoms with van der Waals surface area (Å²) in [5.41, 5.74) is 0.492. The van der Waals surface area contributed by atoms with Crippen molar-refractivity contribution in [1.82, 2.24) is 0 Å². The molecule has 3 nitrogen and oxygen atoms in total. The highest BCUT2D eigenvalue weighted by molar-refractivity contribution is 7.94. The van der Waals surface area contributed by atoms with Crippen LogP contribution in [0.3, 0.4) is 0 Å². The minimum absolute atomic E-state index is 0.0640. The lowest BCUT2D eigenvalue weighted by Crippen LogP contribution is -2.02. The van der Waals surface area contributed by atoms with Crippen molar-refractivity contribution >= 4 is 26.4 Å². The van der Waals surface area contributed by atoms with Crippen molar-refractivity contribution in [2.75, 3.05) is 5.75 Å². The Labute approximate surface area is 118 Å². The largest absolute Gasteiger partial charge is 0.289 e. The molecule has 0 amide bonds. The molecule has 2 rings (SSSR count). The Balaban J connectivity index is 2.26. The van der Waals surface area contributed by atoms with Crippen molar-refractivity contribution in [2.45, 2.75) is 13.3 Å². The van der Waals surface area contributed by atoms with Crippen LogP contribution in [0, 0.1) is 0 Å². The maximum Gasteiger partial charge on any atom is 0.186 e. The number of carbonyl (C=O) groups excluding carboxylic acids is 1. The van der Waals surface area contributed by atoms with E-state index in [1.54, 1.807) is 19.1 Å². The molecule has 0 fully saturated rings. The number of benzene rings is 2. The quantitative estimate of drug-likeness (QED) is 0.626. The first kappa shape index (κ1) is 14.5. The van der Waals surface area contributed by atoms with Gasteiger partial charge in [-0.3, -0.25) is 4.79 Å². The minimum Gasteiger partial charge on any atom is -0.289 e. The summed E-state index contributed by atoms with van der Waals surface area (Å²) >= 11 is 0. The van der Waals surface area contributed by atoms with Gasteiger partial charge in [0.05, 0.1) is 5.75 Å². The molecule has 0 aliphatic carbocycles. The molecule has 2 aromatic rings. The highest BCUT2D eigenvalue weighted by Gasteiger charge is 2.07. The Morgan fingerprint density at radius 2 is 1.80 bits per heavy atom. The van der Waals surface area contributed by atoms with E-state index in [1.165, 1.54) is 0 Å². The van der Waals surface area contributed by atoms with E-state index < -0.39 is 9.84 Å². The first-order chi connectivity index (χ1) is 9.52. The van der Waals surface area contributed by atoms with Gasteiger partial charge in [-0.05, 0) is 29.3 Å². The lowest BCUT2D eigenvalue weighted by molar-refractivity contribution is 0.104. The standard InChI is InChI=1S/C16H16O3S/c1-2-10-20(18,19)11-9-16(17)15-8-7-13-5-3-4-6-14(13)12-15/h3-9,11-12H,2,10H2,1H3/b11-9+.